The monoisotopic (exact) mass is 303 g/mol. The van der Waals surface area contributed by atoms with Crippen molar-refractivity contribution in [1.29, 1.82) is 0 Å². The summed E-state index contributed by atoms with van der Waals surface area (Å²) in [5.74, 6) is -0.245. The van der Waals surface area contributed by atoms with Crippen LogP contribution < -0.4 is 16.0 Å². The molecule has 22 heavy (non-hydrogen) atoms. The summed E-state index contributed by atoms with van der Waals surface area (Å²) < 4.78 is 0. The topological polar surface area (TPSA) is 70.2 Å². The van der Waals surface area contributed by atoms with Crippen molar-refractivity contribution in [3.8, 4) is 0 Å². The highest BCUT2D eigenvalue weighted by Crippen LogP contribution is 2.20. The second kappa shape index (κ2) is 6.92. The molecule has 0 aliphatic carbocycles. The van der Waals surface area contributed by atoms with Gasteiger partial charge in [-0.2, -0.15) is 0 Å². The van der Waals surface area contributed by atoms with E-state index in [1.54, 1.807) is 18.2 Å². The van der Waals surface area contributed by atoms with E-state index in [1.165, 1.54) is 0 Å². The van der Waals surface area contributed by atoms with Crippen molar-refractivity contribution in [2.24, 2.45) is 5.41 Å². The standard InChI is InChI=1S/C17H25N3O2/c1-17(2,3)16(22)20-14-9-5-4-8-13(14)15(21)19-12-7-6-10-18-11-12/h4-5,8-9,12,18H,6-7,10-11H2,1-3H3,(H,19,21)(H,20,22). The average molecular weight is 303 g/mol. The van der Waals surface area contributed by atoms with Crippen LogP contribution in [0.1, 0.15) is 44.0 Å². The Kier molecular flexibility index (Phi) is 5.19. The predicted octanol–water partition coefficient (Wildman–Crippen LogP) is 2.15. The summed E-state index contributed by atoms with van der Waals surface area (Å²) in [5, 5.41) is 9.16. The molecule has 0 spiro atoms. The third-order valence-electron chi connectivity index (χ3n) is 3.73. The lowest BCUT2D eigenvalue weighted by molar-refractivity contribution is -0.123. The number of piperidine rings is 1. The van der Waals surface area contributed by atoms with Gasteiger partial charge in [-0.3, -0.25) is 9.59 Å². The molecule has 0 saturated carbocycles. The van der Waals surface area contributed by atoms with Crippen LogP contribution in [-0.2, 0) is 4.79 Å². The van der Waals surface area contributed by atoms with Crippen molar-refractivity contribution < 1.29 is 9.59 Å². The summed E-state index contributed by atoms with van der Waals surface area (Å²) in [6.07, 6.45) is 2.04. The highest BCUT2D eigenvalue weighted by molar-refractivity contribution is 6.04. The summed E-state index contributed by atoms with van der Waals surface area (Å²) >= 11 is 0. The van der Waals surface area contributed by atoms with Gasteiger partial charge in [0.1, 0.15) is 0 Å². The molecule has 2 rings (SSSR count). The maximum Gasteiger partial charge on any atom is 0.253 e. The second-order valence-electron chi connectivity index (χ2n) is 6.77. The molecule has 1 aromatic rings. The molecule has 1 heterocycles. The number of hydrogen-bond acceptors (Lipinski definition) is 3. The SMILES string of the molecule is CC(C)(C)C(=O)Nc1ccccc1C(=O)NC1CCCNC1. The third kappa shape index (κ3) is 4.31. The molecule has 1 fully saturated rings. The van der Waals surface area contributed by atoms with Crippen molar-refractivity contribution in [2.45, 2.75) is 39.7 Å². The van der Waals surface area contributed by atoms with Gasteiger partial charge < -0.3 is 16.0 Å². The average Bonchev–Trinajstić information content (AvgIpc) is 2.47. The number of carbonyl (C=O) groups is 2. The van der Waals surface area contributed by atoms with E-state index in [4.69, 9.17) is 0 Å². The minimum atomic E-state index is -0.503. The minimum absolute atomic E-state index is 0.105. The van der Waals surface area contributed by atoms with Gasteiger partial charge in [0.05, 0.1) is 11.3 Å². The molecule has 0 aromatic heterocycles. The first kappa shape index (κ1) is 16.5. The van der Waals surface area contributed by atoms with Gasteiger partial charge in [-0.1, -0.05) is 32.9 Å². The van der Waals surface area contributed by atoms with Gasteiger partial charge in [0.15, 0.2) is 0 Å². The summed E-state index contributed by atoms with van der Waals surface area (Å²) in [6, 6.07) is 7.27. The Hall–Kier alpha value is -1.88. The lowest BCUT2D eigenvalue weighted by Crippen LogP contribution is -2.45. The molecule has 5 heteroatoms. The highest BCUT2D eigenvalue weighted by atomic mass is 16.2. The maximum absolute atomic E-state index is 12.5. The highest BCUT2D eigenvalue weighted by Gasteiger charge is 2.24. The van der Waals surface area contributed by atoms with E-state index in [0.29, 0.717) is 11.3 Å². The first-order chi connectivity index (χ1) is 10.4. The van der Waals surface area contributed by atoms with Gasteiger partial charge in [0.25, 0.3) is 5.91 Å². The van der Waals surface area contributed by atoms with Crippen molar-refractivity contribution >= 4 is 17.5 Å². The van der Waals surface area contributed by atoms with Crippen LogP contribution in [0.25, 0.3) is 0 Å². The first-order valence-electron chi connectivity index (χ1n) is 7.80. The number of carbonyl (C=O) groups excluding carboxylic acids is 2. The number of anilines is 1. The van der Waals surface area contributed by atoms with Crippen molar-refractivity contribution in [2.75, 3.05) is 18.4 Å². The zero-order chi connectivity index (χ0) is 16.2. The van der Waals surface area contributed by atoms with Crippen LogP contribution in [0.15, 0.2) is 24.3 Å². The summed E-state index contributed by atoms with van der Waals surface area (Å²) in [4.78, 5) is 24.6. The van der Waals surface area contributed by atoms with Gasteiger partial charge in [0, 0.05) is 18.0 Å². The van der Waals surface area contributed by atoms with Gasteiger partial charge >= 0.3 is 0 Å². The Labute approximate surface area is 131 Å². The van der Waals surface area contributed by atoms with Gasteiger partial charge in [0.2, 0.25) is 5.91 Å². The largest absolute Gasteiger partial charge is 0.348 e. The van der Waals surface area contributed by atoms with Crippen LogP contribution in [-0.4, -0.2) is 30.9 Å². The Morgan fingerprint density at radius 1 is 1.23 bits per heavy atom. The van der Waals surface area contributed by atoms with E-state index in [2.05, 4.69) is 16.0 Å². The van der Waals surface area contributed by atoms with E-state index in [9.17, 15) is 9.59 Å². The fourth-order valence-corrected chi connectivity index (χ4v) is 2.34. The van der Waals surface area contributed by atoms with E-state index >= 15 is 0 Å². The van der Waals surface area contributed by atoms with Crippen LogP contribution in [0.4, 0.5) is 5.69 Å². The lowest BCUT2D eigenvalue weighted by atomic mass is 9.95. The molecule has 1 saturated heterocycles. The maximum atomic E-state index is 12.5. The minimum Gasteiger partial charge on any atom is -0.348 e. The Bertz CT molecular complexity index is 543. The van der Waals surface area contributed by atoms with Crippen LogP contribution >= 0.6 is 0 Å². The molecule has 2 amide bonds. The number of rotatable bonds is 3. The van der Waals surface area contributed by atoms with Crippen molar-refractivity contribution in [3.05, 3.63) is 29.8 Å². The Morgan fingerprint density at radius 3 is 2.59 bits per heavy atom. The summed E-state index contributed by atoms with van der Waals surface area (Å²) in [6.45, 7) is 7.34. The molecule has 0 bridgehead atoms. The number of nitrogens with one attached hydrogen (secondary N) is 3. The van der Waals surface area contributed by atoms with Crippen molar-refractivity contribution in [3.63, 3.8) is 0 Å². The third-order valence-corrected chi connectivity index (χ3v) is 3.73. The van der Waals surface area contributed by atoms with E-state index < -0.39 is 5.41 Å². The van der Waals surface area contributed by atoms with E-state index in [0.717, 1.165) is 25.9 Å². The first-order valence-corrected chi connectivity index (χ1v) is 7.80. The number of benzene rings is 1. The number of para-hydroxylation sites is 1. The zero-order valence-electron chi connectivity index (χ0n) is 13.5. The molecule has 1 atom stereocenters. The fraction of sp³-hybridized carbons (Fsp3) is 0.529. The van der Waals surface area contributed by atoms with Crippen LogP contribution in [0, 0.1) is 5.41 Å². The molecule has 5 nitrogen and oxygen atoms in total. The van der Waals surface area contributed by atoms with Gasteiger partial charge in [-0.05, 0) is 31.5 Å². The smallest absolute Gasteiger partial charge is 0.253 e. The molecular formula is C17H25N3O2. The molecule has 1 unspecified atom stereocenters. The normalized spacial score (nSPS) is 18.6. The summed E-state index contributed by atoms with van der Waals surface area (Å²) in [7, 11) is 0. The molecular weight excluding hydrogens is 278 g/mol. The summed E-state index contributed by atoms with van der Waals surface area (Å²) in [5.41, 5.74) is 0.561. The van der Waals surface area contributed by atoms with Crippen molar-refractivity contribution in [1.82, 2.24) is 10.6 Å². The molecule has 3 N–H and O–H groups in total. The molecule has 1 aliphatic rings. The molecule has 120 valence electrons. The predicted molar refractivity (Wildman–Crippen MR) is 87.9 cm³/mol. The fourth-order valence-electron chi connectivity index (χ4n) is 2.34. The van der Waals surface area contributed by atoms with Gasteiger partial charge in [-0.15, -0.1) is 0 Å². The quantitative estimate of drug-likeness (QED) is 0.801. The number of hydrogen-bond donors (Lipinski definition) is 3. The van der Waals surface area contributed by atoms with Gasteiger partial charge in [-0.25, -0.2) is 0 Å². The molecule has 0 radical (unpaired) electrons. The van der Waals surface area contributed by atoms with Crippen LogP contribution in [0.5, 0.6) is 0 Å². The second-order valence-corrected chi connectivity index (χ2v) is 6.77. The van der Waals surface area contributed by atoms with Crippen LogP contribution in [0.3, 0.4) is 0 Å². The lowest BCUT2D eigenvalue weighted by Gasteiger charge is -2.24. The van der Waals surface area contributed by atoms with E-state index in [1.807, 2.05) is 26.8 Å². The zero-order valence-corrected chi connectivity index (χ0v) is 13.5. The van der Waals surface area contributed by atoms with E-state index in [-0.39, 0.29) is 17.9 Å². The molecule has 1 aromatic carbocycles. The Balaban J connectivity index is 2.10. The molecule has 1 aliphatic heterocycles. The van der Waals surface area contributed by atoms with Crippen LogP contribution in [0.2, 0.25) is 0 Å². The Morgan fingerprint density at radius 2 is 1.95 bits per heavy atom. The number of amides is 2.